The van der Waals surface area contributed by atoms with Gasteiger partial charge in [0.2, 0.25) is 0 Å². The fourth-order valence-corrected chi connectivity index (χ4v) is 2.50. The van der Waals surface area contributed by atoms with Gasteiger partial charge in [0.25, 0.3) is 0 Å². The number of benzene rings is 2. The second-order valence-corrected chi connectivity index (χ2v) is 5.93. The van der Waals surface area contributed by atoms with Gasteiger partial charge in [0.15, 0.2) is 0 Å². The molecule has 0 heterocycles. The summed E-state index contributed by atoms with van der Waals surface area (Å²) in [6.07, 6.45) is -0.359. The predicted molar refractivity (Wildman–Crippen MR) is 90.6 cm³/mol. The van der Waals surface area contributed by atoms with E-state index in [4.69, 9.17) is 27.9 Å². The summed E-state index contributed by atoms with van der Waals surface area (Å²) in [5.74, 6) is 0.757. The van der Waals surface area contributed by atoms with E-state index in [1.165, 1.54) is 0 Å². The second-order valence-electron chi connectivity index (χ2n) is 5.12. The van der Waals surface area contributed by atoms with Crippen molar-refractivity contribution in [2.24, 2.45) is 0 Å². The Kier molecular flexibility index (Phi) is 6.52. The molecule has 0 aromatic heterocycles. The van der Waals surface area contributed by atoms with Crippen LogP contribution in [0.25, 0.3) is 0 Å². The molecule has 0 spiro atoms. The van der Waals surface area contributed by atoms with Crippen LogP contribution in [0.4, 0.5) is 0 Å². The lowest BCUT2D eigenvalue weighted by molar-refractivity contribution is 0.191. The molecule has 2 aromatic rings. The highest BCUT2D eigenvalue weighted by atomic mass is 35.5. The van der Waals surface area contributed by atoms with Crippen LogP contribution >= 0.6 is 23.2 Å². The Labute approximate surface area is 140 Å². The normalized spacial score (nSPS) is 12.2. The molecule has 5 heteroatoms. The zero-order valence-electron chi connectivity index (χ0n) is 12.4. The number of nitrogens with one attached hydrogen (secondary N) is 1. The fourth-order valence-electron chi connectivity index (χ4n) is 2.00. The van der Waals surface area contributed by atoms with Crippen LogP contribution in [0, 0.1) is 0 Å². The summed E-state index contributed by atoms with van der Waals surface area (Å²) >= 11 is 12.3. The van der Waals surface area contributed by atoms with Crippen LogP contribution in [0.3, 0.4) is 0 Å². The Balaban J connectivity index is 1.96. The summed E-state index contributed by atoms with van der Waals surface area (Å²) in [4.78, 5) is 0. The van der Waals surface area contributed by atoms with Crippen molar-refractivity contribution in [3.05, 3.63) is 63.6 Å². The predicted octanol–water partition coefficient (Wildman–Crippen LogP) is 4.04. The van der Waals surface area contributed by atoms with E-state index < -0.39 is 0 Å². The van der Waals surface area contributed by atoms with Gasteiger partial charge in [0.05, 0.1) is 6.10 Å². The summed E-state index contributed by atoms with van der Waals surface area (Å²) in [6.45, 7) is 3.30. The van der Waals surface area contributed by atoms with E-state index in [1.807, 2.05) is 30.3 Å². The Bertz CT molecular complexity index is 597. The maximum atomic E-state index is 9.24. The zero-order valence-corrected chi connectivity index (χ0v) is 13.9. The minimum atomic E-state index is -0.359. The van der Waals surface area contributed by atoms with Gasteiger partial charge in [-0.25, -0.2) is 0 Å². The number of aliphatic hydroxyl groups is 1. The van der Waals surface area contributed by atoms with Crippen molar-refractivity contribution in [2.75, 3.05) is 6.54 Å². The number of hydrogen-bond acceptors (Lipinski definition) is 3. The average Bonchev–Trinajstić information content (AvgIpc) is 2.47. The molecular weight excluding hydrogens is 321 g/mol. The summed E-state index contributed by atoms with van der Waals surface area (Å²) in [5.41, 5.74) is 1.87. The van der Waals surface area contributed by atoms with Gasteiger partial charge in [-0.05, 0) is 36.8 Å². The molecule has 0 aliphatic heterocycles. The van der Waals surface area contributed by atoms with E-state index in [9.17, 15) is 5.11 Å². The summed E-state index contributed by atoms with van der Waals surface area (Å²) in [5, 5.41) is 13.6. The van der Waals surface area contributed by atoms with Crippen LogP contribution in [-0.4, -0.2) is 17.8 Å². The molecule has 0 aliphatic carbocycles. The zero-order chi connectivity index (χ0) is 15.9. The van der Waals surface area contributed by atoms with E-state index in [2.05, 4.69) is 5.32 Å². The molecule has 0 unspecified atom stereocenters. The molecule has 2 N–H and O–H groups in total. The van der Waals surface area contributed by atoms with E-state index in [0.717, 1.165) is 16.9 Å². The Morgan fingerprint density at radius 2 is 1.82 bits per heavy atom. The van der Waals surface area contributed by atoms with E-state index in [0.29, 0.717) is 29.7 Å². The smallest absolute Gasteiger partial charge is 0.120 e. The summed E-state index contributed by atoms with van der Waals surface area (Å²) < 4.78 is 5.78. The van der Waals surface area contributed by atoms with Crippen molar-refractivity contribution >= 4 is 23.2 Å². The quantitative estimate of drug-likeness (QED) is 0.799. The maximum absolute atomic E-state index is 9.24. The highest BCUT2D eigenvalue weighted by Gasteiger charge is 2.06. The Morgan fingerprint density at radius 3 is 2.50 bits per heavy atom. The van der Waals surface area contributed by atoms with Crippen molar-refractivity contribution in [2.45, 2.75) is 26.2 Å². The molecule has 0 radical (unpaired) electrons. The van der Waals surface area contributed by atoms with E-state index in [1.54, 1.807) is 19.1 Å². The van der Waals surface area contributed by atoms with Gasteiger partial charge in [-0.3, -0.25) is 0 Å². The highest BCUT2D eigenvalue weighted by Crippen LogP contribution is 2.26. The van der Waals surface area contributed by atoms with Crippen molar-refractivity contribution in [3.63, 3.8) is 0 Å². The van der Waals surface area contributed by atoms with Crippen molar-refractivity contribution in [1.82, 2.24) is 5.32 Å². The fraction of sp³-hybridized carbons (Fsp3) is 0.294. The van der Waals surface area contributed by atoms with Gasteiger partial charge in [-0.15, -0.1) is 0 Å². The standard InChI is InChI=1S/C17H19Cl2NO2/c1-12(21)9-20-10-13-4-2-5-14(8-13)22-11-15-16(18)6-3-7-17(15)19/h2-8,12,20-21H,9-11H2,1H3/t12-/m1/s1. The number of aliphatic hydroxyl groups excluding tert-OH is 1. The number of halogens is 2. The first-order valence-corrected chi connectivity index (χ1v) is 7.85. The van der Waals surface area contributed by atoms with Gasteiger partial charge in [-0.1, -0.05) is 41.4 Å². The Hall–Kier alpha value is -1.26. The highest BCUT2D eigenvalue weighted by molar-refractivity contribution is 6.35. The molecule has 0 fully saturated rings. The van der Waals surface area contributed by atoms with Gasteiger partial charge < -0.3 is 15.2 Å². The third-order valence-electron chi connectivity index (χ3n) is 3.11. The topological polar surface area (TPSA) is 41.5 Å². The minimum Gasteiger partial charge on any atom is -0.489 e. The van der Waals surface area contributed by atoms with Gasteiger partial charge >= 0.3 is 0 Å². The van der Waals surface area contributed by atoms with Crippen LogP contribution < -0.4 is 10.1 Å². The van der Waals surface area contributed by atoms with Gasteiger partial charge in [0, 0.05) is 28.7 Å². The molecule has 2 aromatic carbocycles. The Morgan fingerprint density at radius 1 is 1.14 bits per heavy atom. The number of ether oxygens (including phenoxy) is 1. The molecule has 0 amide bonds. The van der Waals surface area contributed by atoms with Crippen LogP contribution in [-0.2, 0) is 13.2 Å². The van der Waals surface area contributed by atoms with E-state index >= 15 is 0 Å². The average molecular weight is 340 g/mol. The molecule has 0 saturated heterocycles. The maximum Gasteiger partial charge on any atom is 0.120 e. The lowest BCUT2D eigenvalue weighted by Crippen LogP contribution is -2.23. The molecule has 0 bridgehead atoms. The van der Waals surface area contributed by atoms with Gasteiger partial charge in [-0.2, -0.15) is 0 Å². The number of hydrogen-bond donors (Lipinski definition) is 2. The third kappa shape index (κ3) is 5.18. The first-order valence-electron chi connectivity index (χ1n) is 7.09. The first kappa shape index (κ1) is 17.1. The minimum absolute atomic E-state index is 0.322. The van der Waals surface area contributed by atoms with Crippen LogP contribution in [0.1, 0.15) is 18.1 Å². The molecule has 1 atom stereocenters. The van der Waals surface area contributed by atoms with Crippen molar-refractivity contribution < 1.29 is 9.84 Å². The van der Waals surface area contributed by atoms with Crippen LogP contribution in [0.2, 0.25) is 10.0 Å². The van der Waals surface area contributed by atoms with E-state index in [-0.39, 0.29) is 6.10 Å². The molecule has 118 valence electrons. The SMILES string of the molecule is C[C@@H](O)CNCc1cccc(OCc2c(Cl)cccc2Cl)c1. The molecule has 22 heavy (non-hydrogen) atoms. The molecule has 2 rings (SSSR count). The lowest BCUT2D eigenvalue weighted by Gasteiger charge is -2.11. The molecular formula is C17H19Cl2NO2. The van der Waals surface area contributed by atoms with Crippen LogP contribution in [0.15, 0.2) is 42.5 Å². The molecule has 0 saturated carbocycles. The molecule has 0 aliphatic rings. The van der Waals surface area contributed by atoms with Crippen molar-refractivity contribution in [3.8, 4) is 5.75 Å². The first-order chi connectivity index (χ1) is 10.6. The van der Waals surface area contributed by atoms with Gasteiger partial charge in [0.1, 0.15) is 12.4 Å². The molecule has 3 nitrogen and oxygen atoms in total. The lowest BCUT2D eigenvalue weighted by atomic mass is 10.2. The third-order valence-corrected chi connectivity index (χ3v) is 3.82. The largest absolute Gasteiger partial charge is 0.489 e. The monoisotopic (exact) mass is 339 g/mol. The van der Waals surface area contributed by atoms with Crippen molar-refractivity contribution in [1.29, 1.82) is 0 Å². The number of rotatable bonds is 7. The second kappa shape index (κ2) is 8.39. The van der Waals surface area contributed by atoms with Crippen LogP contribution in [0.5, 0.6) is 5.75 Å². The summed E-state index contributed by atoms with van der Waals surface area (Å²) in [7, 11) is 0. The summed E-state index contributed by atoms with van der Waals surface area (Å²) in [6, 6.07) is 13.2.